The largest absolute Gasteiger partial charge is 0.489 e. The van der Waals surface area contributed by atoms with Gasteiger partial charge in [-0.2, -0.15) is 0 Å². The van der Waals surface area contributed by atoms with Gasteiger partial charge in [0.2, 0.25) is 0 Å². The van der Waals surface area contributed by atoms with E-state index in [1.54, 1.807) is 12.1 Å². The number of hydrogen-bond donors (Lipinski definition) is 1. The quantitative estimate of drug-likeness (QED) is 0.619. The number of rotatable bonds is 5. The number of carboxylic acids is 1. The third-order valence-corrected chi connectivity index (χ3v) is 5.21. The van der Waals surface area contributed by atoms with Crippen molar-refractivity contribution in [2.24, 2.45) is 0 Å². The molecule has 0 aliphatic rings. The molecule has 0 atom stereocenters. The first-order valence-electron chi connectivity index (χ1n) is 9.00. The summed E-state index contributed by atoms with van der Waals surface area (Å²) in [5, 5.41) is 9.43. The van der Waals surface area contributed by atoms with Crippen LogP contribution < -0.4 is 4.74 Å². The minimum absolute atomic E-state index is 0.288. The minimum Gasteiger partial charge on any atom is -0.489 e. The van der Waals surface area contributed by atoms with Crippen molar-refractivity contribution >= 4 is 5.97 Å². The van der Waals surface area contributed by atoms with Crippen LogP contribution in [-0.2, 0) is 6.61 Å². The molecule has 0 bridgehead atoms. The fraction of sp³-hybridized carbons (Fsp3) is 0.208. The zero-order chi connectivity index (χ0) is 19.6. The molecule has 0 aliphatic carbocycles. The highest BCUT2D eigenvalue weighted by Crippen LogP contribution is 2.28. The van der Waals surface area contributed by atoms with Gasteiger partial charge in [-0.05, 0) is 84.8 Å². The lowest BCUT2D eigenvalue weighted by Crippen LogP contribution is -2.04. The van der Waals surface area contributed by atoms with Crippen molar-refractivity contribution in [1.82, 2.24) is 0 Å². The third-order valence-electron chi connectivity index (χ3n) is 5.21. The molecule has 0 saturated carbocycles. The lowest BCUT2D eigenvalue weighted by atomic mass is 9.95. The molecule has 1 N–H and O–H groups in total. The number of aryl methyl sites for hydroxylation is 2. The molecule has 3 aromatic rings. The van der Waals surface area contributed by atoms with Gasteiger partial charge in [0.05, 0.1) is 5.56 Å². The summed E-state index contributed by atoms with van der Waals surface area (Å²) in [7, 11) is 0. The van der Waals surface area contributed by atoms with Crippen LogP contribution in [0.15, 0.2) is 54.6 Å². The highest BCUT2D eigenvalue weighted by atomic mass is 16.5. The molecule has 0 heterocycles. The van der Waals surface area contributed by atoms with Crippen LogP contribution in [-0.4, -0.2) is 11.1 Å². The topological polar surface area (TPSA) is 46.5 Å². The molecule has 0 aliphatic heterocycles. The molecule has 0 saturated heterocycles. The molecule has 3 nitrogen and oxygen atoms in total. The Morgan fingerprint density at radius 1 is 0.889 bits per heavy atom. The molecule has 27 heavy (non-hydrogen) atoms. The van der Waals surface area contributed by atoms with Gasteiger partial charge < -0.3 is 9.84 Å². The second-order valence-electron chi connectivity index (χ2n) is 6.91. The van der Waals surface area contributed by atoms with Gasteiger partial charge in [0.15, 0.2) is 0 Å². The Bertz CT molecular complexity index is 976. The van der Waals surface area contributed by atoms with Crippen molar-refractivity contribution in [3.63, 3.8) is 0 Å². The molecule has 0 fully saturated rings. The van der Waals surface area contributed by atoms with E-state index >= 15 is 0 Å². The van der Waals surface area contributed by atoms with Gasteiger partial charge in [0.25, 0.3) is 0 Å². The van der Waals surface area contributed by atoms with Crippen LogP contribution >= 0.6 is 0 Å². The summed E-state index contributed by atoms with van der Waals surface area (Å²) < 4.78 is 6.08. The second-order valence-corrected chi connectivity index (χ2v) is 6.91. The van der Waals surface area contributed by atoms with Gasteiger partial charge in [-0.3, -0.25) is 0 Å². The number of ether oxygens (including phenoxy) is 1. The number of carbonyl (C=O) groups is 1. The highest BCUT2D eigenvalue weighted by Gasteiger charge is 2.12. The van der Waals surface area contributed by atoms with Crippen LogP contribution in [0.25, 0.3) is 11.1 Å². The Hall–Kier alpha value is -3.07. The Balaban J connectivity index is 1.90. The summed E-state index contributed by atoms with van der Waals surface area (Å²) in [5.41, 5.74) is 8.06. The monoisotopic (exact) mass is 360 g/mol. The maximum absolute atomic E-state index is 11.5. The lowest BCUT2D eigenvalue weighted by Gasteiger charge is -2.16. The summed E-state index contributed by atoms with van der Waals surface area (Å²) in [4.78, 5) is 11.5. The smallest absolute Gasteiger partial charge is 0.336 e. The maximum Gasteiger partial charge on any atom is 0.336 e. The molecule has 138 valence electrons. The van der Waals surface area contributed by atoms with Crippen LogP contribution in [0.3, 0.4) is 0 Å². The summed E-state index contributed by atoms with van der Waals surface area (Å²) in [6, 6.07) is 16.8. The van der Waals surface area contributed by atoms with Crippen molar-refractivity contribution in [2.75, 3.05) is 0 Å². The van der Waals surface area contributed by atoms with Gasteiger partial charge in [0, 0.05) is 0 Å². The van der Waals surface area contributed by atoms with Crippen LogP contribution in [0.2, 0.25) is 0 Å². The summed E-state index contributed by atoms with van der Waals surface area (Å²) >= 11 is 0. The van der Waals surface area contributed by atoms with E-state index in [9.17, 15) is 9.90 Å². The Morgan fingerprint density at radius 3 is 2.22 bits per heavy atom. The molecule has 3 aromatic carbocycles. The van der Waals surface area contributed by atoms with Gasteiger partial charge in [-0.1, -0.05) is 36.4 Å². The van der Waals surface area contributed by atoms with Crippen molar-refractivity contribution in [2.45, 2.75) is 34.3 Å². The van der Waals surface area contributed by atoms with Crippen LogP contribution in [0.5, 0.6) is 5.75 Å². The lowest BCUT2D eigenvalue weighted by molar-refractivity contribution is 0.0697. The van der Waals surface area contributed by atoms with E-state index < -0.39 is 5.97 Å². The predicted octanol–water partition coefficient (Wildman–Crippen LogP) is 5.86. The first-order valence-corrected chi connectivity index (χ1v) is 9.00. The van der Waals surface area contributed by atoms with Crippen LogP contribution in [0.1, 0.15) is 38.2 Å². The van der Waals surface area contributed by atoms with Crippen LogP contribution in [0.4, 0.5) is 0 Å². The maximum atomic E-state index is 11.5. The predicted molar refractivity (Wildman–Crippen MR) is 109 cm³/mol. The number of benzene rings is 3. The van der Waals surface area contributed by atoms with Gasteiger partial charge >= 0.3 is 5.97 Å². The van der Waals surface area contributed by atoms with E-state index in [0.717, 1.165) is 11.3 Å². The molecular weight excluding hydrogens is 336 g/mol. The van der Waals surface area contributed by atoms with E-state index in [2.05, 4.69) is 33.8 Å². The summed E-state index contributed by atoms with van der Waals surface area (Å²) in [5.74, 6) is -0.205. The Morgan fingerprint density at radius 2 is 1.56 bits per heavy atom. The van der Waals surface area contributed by atoms with E-state index in [4.69, 9.17) is 4.74 Å². The standard InChI is InChI=1S/C24H24O3/c1-15-12-16(2)18(4)23(17(15)3)14-27-20-9-7-8-19(13-20)21-10-5-6-11-22(21)24(25)26/h5-13H,14H2,1-4H3,(H,25,26). The van der Waals surface area contributed by atoms with Gasteiger partial charge in [-0.15, -0.1) is 0 Å². The summed E-state index contributed by atoms with van der Waals surface area (Å²) in [6.07, 6.45) is 0. The average molecular weight is 360 g/mol. The van der Waals surface area contributed by atoms with E-state index in [-0.39, 0.29) is 5.56 Å². The molecule has 3 heteroatoms. The van der Waals surface area contributed by atoms with Crippen molar-refractivity contribution < 1.29 is 14.6 Å². The minimum atomic E-state index is -0.932. The average Bonchev–Trinajstić information content (AvgIpc) is 2.66. The van der Waals surface area contributed by atoms with Crippen LogP contribution in [0, 0.1) is 27.7 Å². The number of hydrogen-bond acceptors (Lipinski definition) is 2. The Labute approximate surface area is 160 Å². The molecular formula is C24H24O3. The van der Waals surface area contributed by atoms with E-state index in [1.165, 1.54) is 27.8 Å². The van der Waals surface area contributed by atoms with Gasteiger partial charge in [-0.25, -0.2) is 4.79 Å². The molecule has 0 radical (unpaired) electrons. The molecule has 0 unspecified atom stereocenters. The second kappa shape index (κ2) is 7.67. The first kappa shape index (κ1) is 18.7. The highest BCUT2D eigenvalue weighted by molar-refractivity contribution is 5.96. The first-order chi connectivity index (χ1) is 12.9. The number of carboxylic acid groups (broad SMARTS) is 1. The van der Waals surface area contributed by atoms with Gasteiger partial charge in [0.1, 0.15) is 12.4 Å². The fourth-order valence-corrected chi connectivity index (χ4v) is 3.35. The van der Waals surface area contributed by atoms with Crippen molar-refractivity contribution in [3.05, 3.63) is 88.0 Å². The normalized spacial score (nSPS) is 10.7. The molecule has 3 rings (SSSR count). The summed E-state index contributed by atoms with van der Waals surface area (Å²) in [6.45, 7) is 8.98. The van der Waals surface area contributed by atoms with Crippen molar-refractivity contribution in [3.8, 4) is 16.9 Å². The zero-order valence-corrected chi connectivity index (χ0v) is 16.2. The fourth-order valence-electron chi connectivity index (χ4n) is 3.35. The van der Waals surface area contributed by atoms with E-state index in [0.29, 0.717) is 12.2 Å². The molecule has 0 amide bonds. The SMILES string of the molecule is Cc1cc(C)c(C)c(COc2cccc(-c3ccccc3C(=O)O)c2)c1C. The molecule has 0 aromatic heterocycles. The van der Waals surface area contributed by atoms with E-state index in [1.807, 2.05) is 36.4 Å². The Kier molecular flexibility index (Phi) is 5.31. The third kappa shape index (κ3) is 3.87. The molecule has 0 spiro atoms. The number of aromatic carboxylic acids is 1. The zero-order valence-electron chi connectivity index (χ0n) is 16.2. The van der Waals surface area contributed by atoms with Crippen molar-refractivity contribution in [1.29, 1.82) is 0 Å².